The number of amides is 3. The fourth-order valence-electron chi connectivity index (χ4n) is 6.57. The van der Waals surface area contributed by atoms with Gasteiger partial charge in [-0.25, -0.2) is 19.7 Å². The largest absolute Gasteiger partial charge is 0.491 e. The lowest BCUT2D eigenvalue weighted by Gasteiger charge is -2.13. The fraction of sp³-hybridized carbons (Fsp3) is 0.316. The van der Waals surface area contributed by atoms with Gasteiger partial charge in [0.2, 0.25) is 23.6 Å². The third kappa shape index (κ3) is 7.15. The van der Waals surface area contributed by atoms with Gasteiger partial charge in [-0.15, -0.1) is 0 Å². The Hall–Kier alpha value is -6.98. The number of rotatable bonds is 8. The Morgan fingerprint density at radius 1 is 0.821 bits per heavy atom. The van der Waals surface area contributed by atoms with Gasteiger partial charge in [-0.3, -0.25) is 29.7 Å². The molecule has 4 N–H and O–H groups in total. The molecule has 0 atom stereocenters. The number of hydrogen-bond acceptors (Lipinski definition) is 12. The fourth-order valence-corrected chi connectivity index (χ4v) is 6.57. The number of carbonyl (C=O) groups is 4. The molecule has 4 aromatic heterocycles. The van der Waals surface area contributed by atoms with Gasteiger partial charge in [0, 0.05) is 38.5 Å². The number of imidazole rings is 2. The second kappa shape index (κ2) is 15.4. The summed E-state index contributed by atoms with van der Waals surface area (Å²) in [5.41, 5.74) is 9.38. The molecule has 0 bridgehead atoms. The van der Waals surface area contributed by atoms with E-state index in [0.29, 0.717) is 75.9 Å². The van der Waals surface area contributed by atoms with Gasteiger partial charge in [0.15, 0.2) is 5.89 Å². The van der Waals surface area contributed by atoms with Crippen molar-refractivity contribution in [2.45, 2.75) is 60.2 Å². The molecular weight excluding hydrogens is 724 g/mol. The van der Waals surface area contributed by atoms with Gasteiger partial charge < -0.3 is 33.5 Å². The van der Waals surface area contributed by atoms with Crippen LogP contribution < -0.4 is 25.8 Å². The number of nitrogens with zero attached hydrogens (tertiary/aromatic N) is 7. The molecule has 0 saturated carbocycles. The van der Waals surface area contributed by atoms with E-state index in [0.717, 1.165) is 0 Å². The molecule has 6 aromatic rings. The lowest BCUT2D eigenvalue weighted by molar-refractivity contribution is 0.0600. The Kier molecular flexibility index (Phi) is 10.3. The van der Waals surface area contributed by atoms with Crippen LogP contribution >= 0.6 is 0 Å². The number of methoxy groups -OCH3 is 1. The topological polar surface area (TPSA) is 226 Å². The number of anilines is 2. The summed E-state index contributed by atoms with van der Waals surface area (Å²) in [6.07, 6.45) is 4.53. The predicted molar refractivity (Wildman–Crippen MR) is 203 cm³/mol. The molecule has 0 saturated heterocycles. The minimum absolute atomic E-state index is 0.0678. The Morgan fingerprint density at radius 3 is 1.98 bits per heavy atom. The zero-order valence-corrected chi connectivity index (χ0v) is 31.5. The van der Waals surface area contributed by atoms with Gasteiger partial charge in [-0.05, 0) is 50.6 Å². The van der Waals surface area contributed by atoms with Crippen LogP contribution in [-0.2, 0) is 30.8 Å². The summed E-state index contributed by atoms with van der Waals surface area (Å²) in [5.74, 6) is -0.814. The van der Waals surface area contributed by atoms with Gasteiger partial charge in [0.05, 0.1) is 48.3 Å². The molecule has 0 radical (unpaired) electrons. The van der Waals surface area contributed by atoms with E-state index in [9.17, 15) is 19.2 Å². The van der Waals surface area contributed by atoms with Crippen LogP contribution in [0.2, 0.25) is 0 Å². The van der Waals surface area contributed by atoms with Crippen LogP contribution in [0.15, 0.2) is 46.9 Å². The number of hydrogen-bond donors (Lipinski definition) is 3. The highest BCUT2D eigenvalue weighted by molar-refractivity contribution is 6.05. The average molecular weight is 765 g/mol. The molecule has 290 valence electrons. The van der Waals surface area contributed by atoms with E-state index in [-0.39, 0.29) is 55.1 Å². The molecule has 3 amide bonds. The molecule has 18 nitrogen and oxygen atoms in total. The molecule has 2 aromatic carbocycles. The monoisotopic (exact) mass is 764 g/mol. The van der Waals surface area contributed by atoms with Crippen molar-refractivity contribution in [3.63, 3.8) is 0 Å². The first-order valence-electron chi connectivity index (χ1n) is 18.0. The number of ether oxygens (including phenoxy) is 3. The van der Waals surface area contributed by atoms with Crippen molar-refractivity contribution >= 4 is 57.7 Å². The number of benzene rings is 2. The summed E-state index contributed by atoms with van der Waals surface area (Å²) in [7, 11) is 1.28. The van der Waals surface area contributed by atoms with Crippen LogP contribution in [0.1, 0.15) is 79.3 Å². The van der Waals surface area contributed by atoms with E-state index in [4.69, 9.17) is 34.3 Å². The van der Waals surface area contributed by atoms with Crippen molar-refractivity contribution in [2.24, 2.45) is 5.73 Å². The molecule has 1 aliphatic heterocycles. The standard InChI is InChI=1S/C38H40N10O8/c1-6-24-32(56-21(4)40-24)35(51)44-38-42-26-17-23(36(52)53-5)19-29-31(26)47(38)12-9-8-11-46-30-25(16-22(33(39)49)18-28(30)54-13-10-14-55-29)41-37(46)43-34(50)27-15-20(3)45-48(27)7-2/h8-9,15-19H,6-7,10-14H2,1-5H3,(H2,39,49)(H,41,43,50)(H,42,44,51)/b9-8+. The van der Waals surface area contributed by atoms with Gasteiger partial charge in [-0.1, -0.05) is 19.1 Å². The summed E-state index contributed by atoms with van der Waals surface area (Å²) in [6.45, 7) is 8.36. The van der Waals surface area contributed by atoms with E-state index < -0.39 is 23.7 Å². The molecule has 0 aliphatic carbocycles. The highest BCUT2D eigenvalue weighted by atomic mass is 16.5. The van der Waals surface area contributed by atoms with Crippen molar-refractivity contribution in [3.8, 4) is 11.5 Å². The average Bonchev–Trinajstić information content (AvgIpc) is 3.94. The van der Waals surface area contributed by atoms with E-state index >= 15 is 0 Å². The number of aryl methyl sites for hydroxylation is 4. The number of oxazole rings is 1. The Balaban J connectivity index is 1.32. The number of nitrogens with two attached hydrogens (primary N) is 1. The summed E-state index contributed by atoms with van der Waals surface area (Å²) in [6, 6.07) is 7.91. The van der Waals surface area contributed by atoms with Crippen molar-refractivity contribution in [3.05, 3.63) is 82.3 Å². The van der Waals surface area contributed by atoms with E-state index in [1.54, 1.807) is 58.0 Å². The zero-order valence-electron chi connectivity index (χ0n) is 31.5. The molecule has 1 aliphatic rings. The van der Waals surface area contributed by atoms with Crippen LogP contribution in [0, 0.1) is 13.8 Å². The smallest absolute Gasteiger partial charge is 0.338 e. The second-order valence-electron chi connectivity index (χ2n) is 12.9. The maximum Gasteiger partial charge on any atom is 0.338 e. The third-order valence-corrected chi connectivity index (χ3v) is 9.10. The summed E-state index contributed by atoms with van der Waals surface area (Å²) in [5, 5.41) is 10.2. The van der Waals surface area contributed by atoms with Gasteiger partial charge in [0.1, 0.15) is 28.2 Å². The highest BCUT2D eigenvalue weighted by Crippen LogP contribution is 2.34. The summed E-state index contributed by atoms with van der Waals surface area (Å²) in [4.78, 5) is 66.1. The maximum absolute atomic E-state index is 13.6. The van der Waals surface area contributed by atoms with Crippen LogP contribution in [0.4, 0.5) is 11.9 Å². The quantitative estimate of drug-likeness (QED) is 0.143. The van der Waals surface area contributed by atoms with Crippen molar-refractivity contribution in [1.29, 1.82) is 0 Å². The number of carbonyl (C=O) groups excluding carboxylic acids is 4. The predicted octanol–water partition coefficient (Wildman–Crippen LogP) is 4.58. The molecule has 56 heavy (non-hydrogen) atoms. The lowest BCUT2D eigenvalue weighted by atomic mass is 10.1. The molecule has 0 unspecified atom stereocenters. The van der Waals surface area contributed by atoms with E-state index in [1.165, 1.54) is 7.11 Å². The SMILES string of the molecule is CCc1nc(C)oc1C(=O)Nc1nc2cc(C(=O)OC)cc3c2n1C/C=C/Cn1c(NC(=O)c2cc(C)nn2CC)nc2cc(C(N)=O)cc(c21)OCCCO3. The Labute approximate surface area is 319 Å². The number of allylic oxidation sites excluding steroid dienone is 2. The third-order valence-electron chi connectivity index (χ3n) is 9.10. The van der Waals surface area contributed by atoms with Crippen LogP contribution in [-0.4, -0.2) is 77.9 Å². The van der Waals surface area contributed by atoms with E-state index in [2.05, 4.69) is 20.7 Å². The van der Waals surface area contributed by atoms with Gasteiger partial charge >= 0.3 is 5.97 Å². The Morgan fingerprint density at radius 2 is 1.41 bits per heavy atom. The van der Waals surface area contributed by atoms with Crippen LogP contribution in [0.3, 0.4) is 0 Å². The van der Waals surface area contributed by atoms with E-state index in [1.807, 2.05) is 26.0 Å². The number of primary amides is 1. The maximum atomic E-state index is 13.6. The van der Waals surface area contributed by atoms with Crippen molar-refractivity contribution < 1.29 is 37.8 Å². The molecule has 0 spiro atoms. The summed E-state index contributed by atoms with van der Waals surface area (Å²) >= 11 is 0. The first-order chi connectivity index (χ1) is 27.0. The first kappa shape index (κ1) is 37.3. The normalized spacial score (nSPS) is 13.7. The minimum atomic E-state index is -0.675. The number of nitrogens with one attached hydrogen (secondary N) is 2. The van der Waals surface area contributed by atoms with Crippen molar-refractivity contribution in [1.82, 2.24) is 33.9 Å². The molecule has 0 fully saturated rings. The highest BCUT2D eigenvalue weighted by Gasteiger charge is 2.25. The summed E-state index contributed by atoms with van der Waals surface area (Å²) < 4.78 is 28.3. The van der Waals surface area contributed by atoms with Gasteiger partial charge in [-0.2, -0.15) is 5.10 Å². The molecular formula is C38H40N10O8. The molecule has 7 rings (SSSR count). The Bertz CT molecular complexity index is 2560. The number of aromatic nitrogens is 7. The zero-order chi connectivity index (χ0) is 39.7. The van der Waals surface area contributed by atoms with Gasteiger partial charge in [0.25, 0.3) is 11.8 Å². The van der Waals surface area contributed by atoms with Crippen molar-refractivity contribution in [2.75, 3.05) is 31.0 Å². The minimum Gasteiger partial charge on any atom is -0.491 e. The molecule has 5 heterocycles. The number of esters is 1. The second-order valence-corrected chi connectivity index (χ2v) is 12.9. The van der Waals surface area contributed by atoms with Crippen LogP contribution in [0.25, 0.3) is 22.1 Å². The first-order valence-corrected chi connectivity index (χ1v) is 18.0. The lowest BCUT2D eigenvalue weighted by Crippen LogP contribution is -2.20. The molecule has 18 heteroatoms. The van der Waals surface area contributed by atoms with Crippen LogP contribution in [0.5, 0.6) is 11.5 Å².